The molecular weight excluding hydrogens is 378 g/mol. The summed E-state index contributed by atoms with van der Waals surface area (Å²) < 4.78 is 7.16. The molecule has 0 atom stereocenters. The van der Waals surface area contributed by atoms with Gasteiger partial charge in [-0.15, -0.1) is 0 Å². The number of aryl methyl sites for hydroxylation is 2. The summed E-state index contributed by atoms with van der Waals surface area (Å²) in [5.41, 5.74) is 10.4. The van der Waals surface area contributed by atoms with Gasteiger partial charge in [0.2, 0.25) is 11.8 Å². The van der Waals surface area contributed by atoms with Crippen molar-refractivity contribution >= 4 is 28.6 Å². The van der Waals surface area contributed by atoms with Crippen molar-refractivity contribution in [1.29, 1.82) is 0 Å². The molecule has 0 aliphatic rings. The number of benzene rings is 2. The van der Waals surface area contributed by atoms with Crippen LogP contribution in [0.15, 0.2) is 66.9 Å². The molecule has 0 spiro atoms. The molecule has 152 valence electrons. The lowest BCUT2D eigenvalue weighted by Gasteiger charge is -2.17. The molecule has 2 aromatic carbocycles. The number of nitrogens with zero attached hydrogens (tertiary/aromatic N) is 4. The molecular formula is C23H23N5O2. The number of methoxy groups -OCH3 is 1. The number of aromatic nitrogens is 3. The number of pyridine rings is 1. The van der Waals surface area contributed by atoms with Crippen molar-refractivity contribution in [1.82, 2.24) is 14.5 Å². The Balaban J connectivity index is 1.57. The molecule has 4 aromatic rings. The Bertz CT molecular complexity index is 1190. The summed E-state index contributed by atoms with van der Waals surface area (Å²) >= 11 is 0. The summed E-state index contributed by atoms with van der Waals surface area (Å²) in [7, 11) is 3.36. The van der Waals surface area contributed by atoms with Gasteiger partial charge in [-0.2, -0.15) is 0 Å². The second-order valence-electron chi connectivity index (χ2n) is 6.98. The number of carbonyl (C=O) groups is 1. The first kappa shape index (κ1) is 19.4. The minimum atomic E-state index is -0.0750. The Labute approximate surface area is 174 Å². The molecule has 0 aliphatic heterocycles. The van der Waals surface area contributed by atoms with Gasteiger partial charge in [0.25, 0.3) is 5.91 Å². The zero-order valence-electron chi connectivity index (χ0n) is 16.9. The molecule has 30 heavy (non-hydrogen) atoms. The molecule has 7 nitrogen and oxygen atoms in total. The van der Waals surface area contributed by atoms with Gasteiger partial charge in [0.1, 0.15) is 0 Å². The predicted molar refractivity (Wildman–Crippen MR) is 118 cm³/mol. The Hall–Kier alpha value is -3.87. The van der Waals surface area contributed by atoms with Crippen LogP contribution in [0.4, 0.5) is 11.6 Å². The Morgan fingerprint density at radius 3 is 2.70 bits per heavy atom. The summed E-state index contributed by atoms with van der Waals surface area (Å²) in [6.45, 7) is 0.674. The number of rotatable bonds is 6. The monoisotopic (exact) mass is 401 g/mol. The average Bonchev–Trinajstić information content (AvgIpc) is 3.11. The third-order valence-electron chi connectivity index (χ3n) is 5.11. The fraction of sp³-hybridized carbons (Fsp3) is 0.174. The Kier molecular flexibility index (Phi) is 5.34. The highest BCUT2D eigenvalue weighted by molar-refractivity contribution is 6.06. The van der Waals surface area contributed by atoms with E-state index in [1.54, 1.807) is 37.4 Å². The maximum absolute atomic E-state index is 12.7. The van der Waals surface area contributed by atoms with Crippen LogP contribution in [0.5, 0.6) is 5.88 Å². The number of hydrogen-bond donors (Lipinski definition) is 1. The van der Waals surface area contributed by atoms with Gasteiger partial charge in [-0.05, 0) is 48.4 Å². The van der Waals surface area contributed by atoms with Crippen molar-refractivity contribution in [3.63, 3.8) is 0 Å². The van der Waals surface area contributed by atoms with Gasteiger partial charge in [0.15, 0.2) is 0 Å². The lowest BCUT2D eigenvalue weighted by atomic mass is 10.2. The van der Waals surface area contributed by atoms with Crippen LogP contribution in [0.3, 0.4) is 0 Å². The van der Waals surface area contributed by atoms with Gasteiger partial charge in [-0.1, -0.05) is 18.2 Å². The molecule has 0 saturated heterocycles. The third-order valence-corrected chi connectivity index (χ3v) is 5.11. The highest BCUT2D eigenvalue weighted by atomic mass is 16.5. The van der Waals surface area contributed by atoms with Gasteiger partial charge in [-0.3, -0.25) is 4.79 Å². The first-order chi connectivity index (χ1) is 14.6. The number of amides is 1. The van der Waals surface area contributed by atoms with E-state index in [0.29, 0.717) is 23.9 Å². The number of fused-ring (bicyclic) bond motifs is 1. The van der Waals surface area contributed by atoms with Crippen LogP contribution >= 0.6 is 0 Å². The van der Waals surface area contributed by atoms with Crippen molar-refractivity contribution in [2.24, 2.45) is 0 Å². The molecule has 7 heteroatoms. The van der Waals surface area contributed by atoms with Crippen molar-refractivity contribution in [2.45, 2.75) is 13.0 Å². The molecule has 0 fully saturated rings. The van der Waals surface area contributed by atoms with Crippen molar-refractivity contribution in [3.8, 4) is 5.88 Å². The molecule has 0 saturated carbocycles. The van der Waals surface area contributed by atoms with E-state index in [4.69, 9.17) is 10.5 Å². The van der Waals surface area contributed by atoms with Gasteiger partial charge in [0.05, 0.1) is 18.1 Å². The topological polar surface area (TPSA) is 86.3 Å². The standard InChI is InChI=1S/C23H23N5O2/c1-27(22(29)17-6-4-3-5-7-17)18-8-9-20-19(15-18)26-23(24)28(20)13-11-16-10-12-25-21(14-16)30-2/h3-10,12,14-15H,11,13H2,1-2H3,(H2,24,26). The molecule has 2 aromatic heterocycles. The average molecular weight is 401 g/mol. The zero-order valence-corrected chi connectivity index (χ0v) is 16.9. The van der Waals surface area contributed by atoms with Gasteiger partial charge in [0, 0.05) is 37.1 Å². The molecule has 0 radical (unpaired) electrons. The molecule has 0 aliphatic carbocycles. The second-order valence-corrected chi connectivity index (χ2v) is 6.98. The Morgan fingerprint density at radius 1 is 1.13 bits per heavy atom. The fourth-order valence-electron chi connectivity index (χ4n) is 3.43. The number of nitrogen functional groups attached to an aromatic ring is 1. The number of imidazole rings is 1. The van der Waals surface area contributed by atoms with Crippen molar-refractivity contribution < 1.29 is 9.53 Å². The van der Waals surface area contributed by atoms with Crippen LogP contribution in [0.25, 0.3) is 11.0 Å². The number of anilines is 2. The predicted octanol–water partition coefficient (Wildman–Crippen LogP) is 3.54. The van der Waals surface area contributed by atoms with Crippen molar-refractivity contribution in [3.05, 3.63) is 78.0 Å². The number of ether oxygens (including phenoxy) is 1. The van der Waals surface area contributed by atoms with E-state index in [0.717, 1.165) is 28.7 Å². The zero-order chi connectivity index (χ0) is 21.1. The summed E-state index contributed by atoms with van der Waals surface area (Å²) in [6.07, 6.45) is 2.50. The van der Waals surface area contributed by atoms with Gasteiger partial charge in [-0.25, -0.2) is 9.97 Å². The highest BCUT2D eigenvalue weighted by Gasteiger charge is 2.15. The number of carbonyl (C=O) groups excluding carboxylic acids is 1. The molecule has 0 unspecified atom stereocenters. The van der Waals surface area contributed by atoms with E-state index in [1.807, 2.05) is 53.1 Å². The first-order valence-electron chi connectivity index (χ1n) is 9.64. The SMILES string of the molecule is COc1cc(CCn2c(N)nc3cc(N(C)C(=O)c4ccccc4)ccc32)ccn1. The molecule has 1 amide bonds. The summed E-state index contributed by atoms with van der Waals surface area (Å²) in [6, 6.07) is 18.8. The smallest absolute Gasteiger partial charge is 0.258 e. The lowest BCUT2D eigenvalue weighted by Crippen LogP contribution is -2.26. The van der Waals surface area contributed by atoms with E-state index in [-0.39, 0.29) is 5.91 Å². The maximum Gasteiger partial charge on any atom is 0.258 e. The van der Waals surface area contributed by atoms with Crippen LogP contribution in [-0.4, -0.2) is 34.6 Å². The van der Waals surface area contributed by atoms with Crippen molar-refractivity contribution in [2.75, 3.05) is 24.8 Å². The largest absolute Gasteiger partial charge is 0.481 e. The maximum atomic E-state index is 12.7. The number of nitrogens with two attached hydrogens (primary N) is 1. The summed E-state index contributed by atoms with van der Waals surface area (Å²) in [5, 5.41) is 0. The third kappa shape index (κ3) is 3.82. The molecule has 2 heterocycles. The van der Waals surface area contributed by atoms with E-state index >= 15 is 0 Å². The van der Waals surface area contributed by atoms with Gasteiger partial charge >= 0.3 is 0 Å². The fourth-order valence-corrected chi connectivity index (χ4v) is 3.43. The first-order valence-corrected chi connectivity index (χ1v) is 9.64. The van der Waals surface area contributed by atoms with Gasteiger partial charge < -0.3 is 19.9 Å². The lowest BCUT2D eigenvalue weighted by molar-refractivity contribution is 0.0993. The Morgan fingerprint density at radius 2 is 1.93 bits per heavy atom. The normalized spacial score (nSPS) is 10.9. The van der Waals surface area contributed by atoms with Crippen LogP contribution in [0, 0.1) is 0 Å². The van der Waals surface area contributed by atoms with E-state index < -0.39 is 0 Å². The number of hydrogen-bond acceptors (Lipinski definition) is 5. The van der Waals surface area contributed by atoms with Crippen LogP contribution in [0.2, 0.25) is 0 Å². The van der Waals surface area contributed by atoms with Crippen LogP contribution < -0.4 is 15.4 Å². The summed E-state index contributed by atoms with van der Waals surface area (Å²) in [5.74, 6) is 0.959. The van der Waals surface area contributed by atoms with Crippen LogP contribution in [0.1, 0.15) is 15.9 Å². The second kappa shape index (κ2) is 8.24. The minimum Gasteiger partial charge on any atom is -0.481 e. The molecule has 4 rings (SSSR count). The quantitative estimate of drug-likeness (QED) is 0.534. The highest BCUT2D eigenvalue weighted by Crippen LogP contribution is 2.25. The minimum absolute atomic E-state index is 0.0750. The molecule has 0 bridgehead atoms. The van der Waals surface area contributed by atoms with Crippen LogP contribution in [-0.2, 0) is 13.0 Å². The van der Waals surface area contributed by atoms with E-state index in [9.17, 15) is 4.79 Å². The summed E-state index contributed by atoms with van der Waals surface area (Å²) in [4.78, 5) is 23.0. The van der Waals surface area contributed by atoms with E-state index in [1.165, 1.54) is 0 Å². The van der Waals surface area contributed by atoms with E-state index in [2.05, 4.69) is 9.97 Å². The molecule has 2 N–H and O–H groups in total.